The van der Waals surface area contributed by atoms with Crippen molar-refractivity contribution in [1.82, 2.24) is 5.32 Å². The minimum absolute atomic E-state index is 0.395. The van der Waals surface area contributed by atoms with E-state index in [1.165, 1.54) is 0 Å². The summed E-state index contributed by atoms with van der Waals surface area (Å²) >= 11 is 1.56. The lowest BCUT2D eigenvalue weighted by Crippen LogP contribution is -2.27. The number of aliphatic hydroxyl groups excluding tert-OH is 1. The molecule has 16 heavy (non-hydrogen) atoms. The lowest BCUT2D eigenvalue weighted by molar-refractivity contribution is 0.171. The molecule has 1 rings (SSSR count). The van der Waals surface area contributed by atoms with Gasteiger partial charge < -0.3 is 15.1 Å². The van der Waals surface area contributed by atoms with Gasteiger partial charge in [-0.2, -0.15) is 0 Å². The van der Waals surface area contributed by atoms with Crippen LogP contribution in [-0.4, -0.2) is 23.9 Å². The van der Waals surface area contributed by atoms with Gasteiger partial charge in [0.25, 0.3) is 0 Å². The predicted molar refractivity (Wildman–Crippen MR) is 71.7 cm³/mol. The molecule has 4 heteroatoms. The maximum absolute atomic E-state index is 9.90. The zero-order chi connectivity index (χ0) is 12.0. The second-order valence-electron chi connectivity index (χ2n) is 4.01. The Morgan fingerprint density at radius 3 is 2.38 bits per heavy atom. The minimum atomic E-state index is -0.439. The van der Waals surface area contributed by atoms with Crippen LogP contribution in [0, 0.1) is 0 Å². The molecule has 90 valence electrons. The smallest absolute Gasteiger partial charge is 0.0914 e. The summed E-state index contributed by atoms with van der Waals surface area (Å²) in [6, 6.07) is 8.25. The third-order valence-corrected chi connectivity index (χ3v) is 2.67. The number of rotatable bonds is 6. The van der Waals surface area contributed by atoms with Crippen LogP contribution in [0.25, 0.3) is 0 Å². The van der Waals surface area contributed by atoms with Crippen LogP contribution in [0.5, 0.6) is 0 Å². The highest BCUT2D eigenvalue weighted by Gasteiger charge is 2.07. The lowest BCUT2D eigenvalue weighted by Gasteiger charge is -2.14. The molecule has 0 aromatic heterocycles. The molecule has 0 aliphatic carbocycles. The van der Waals surface area contributed by atoms with Crippen LogP contribution in [0.15, 0.2) is 24.3 Å². The van der Waals surface area contributed by atoms with E-state index in [2.05, 4.69) is 23.9 Å². The Labute approximate surface area is 102 Å². The average molecular weight is 240 g/mol. The van der Waals surface area contributed by atoms with Gasteiger partial charge in [-0.1, -0.05) is 37.9 Å². The van der Waals surface area contributed by atoms with Gasteiger partial charge in [0.2, 0.25) is 0 Å². The van der Waals surface area contributed by atoms with Crippen LogP contribution in [0.2, 0.25) is 0 Å². The molecule has 0 aliphatic rings. The molecule has 1 aromatic rings. The van der Waals surface area contributed by atoms with E-state index in [0.717, 1.165) is 11.3 Å². The first-order chi connectivity index (χ1) is 7.63. The molecule has 0 amide bonds. The normalized spacial score (nSPS) is 12.8. The highest BCUT2D eigenvalue weighted by atomic mass is 32.2. The molecule has 0 radical (unpaired) electrons. The van der Waals surface area contributed by atoms with E-state index in [1.807, 2.05) is 30.5 Å². The Bertz CT molecular complexity index is 300. The summed E-state index contributed by atoms with van der Waals surface area (Å²) in [5, 5.41) is 13.1. The van der Waals surface area contributed by atoms with E-state index in [-0.39, 0.29) is 0 Å². The molecular formula is C12H20N2OS. The summed E-state index contributed by atoms with van der Waals surface area (Å²) in [6.07, 6.45) is 1.54. The first-order valence-electron chi connectivity index (χ1n) is 5.44. The van der Waals surface area contributed by atoms with Gasteiger partial charge in [0, 0.05) is 24.5 Å². The van der Waals surface area contributed by atoms with Crippen LogP contribution in [0.4, 0.5) is 5.69 Å². The lowest BCUT2D eigenvalue weighted by atomic mass is 10.1. The topological polar surface area (TPSA) is 44.3 Å². The average Bonchev–Trinajstić information content (AvgIpc) is 2.27. The van der Waals surface area contributed by atoms with Gasteiger partial charge >= 0.3 is 0 Å². The Morgan fingerprint density at radius 2 is 1.88 bits per heavy atom. The fourth-order valence-corrected chi connectivity index (χ4v) is 1.73. The maximum Gasteiger partial charge on any atom is 0.0914 e. The molecule has 0 fully saturated rings. The number of hydrogen-bond acceptors (Lipinski definition) is 4. The molecule has 0 heterocycles. The molecule has 1 atom stereocenters. The fraction of sp³-hybridized carbons (Fsp3) is 0.500. The summed E-state index contributed by atoms with van der Waals surface area (Å²) in [5.41, 5.74) is 2.00. The van der Waals surface area contributed by atoms with Gasteiger partial charge in [0.15, 0.2) is 0 Å². The number of aliphatic hydroxyl groups is 1. The van der Waals surface area contributed by atoms with Crippen molar-refractivity contribution >= 4 is 17.6 Å². The van der Waals surface area contributed by atoms with Gasteiger partial charge in [-0.15, -0.1) is 0 Å². The molecule has 3 nitrogen and oxygen atoms in total. The van der Waals surface area contributed by atoms with Gasteiger partial charge in [0.1, 0.15) is 0 Å². The summed E-state index contributed by atoms with van der Waals surface area (Å²) < 4.78 is 3.14. The molecule has 0 saturated carbocycles. The number of hydrogen-bond donors (Lipinski definition) is 3. The van der Waals surface area contributed by atoms with Crippen LogP contribution >= 0.6 is 11.9 Å². The Balaban J connectivity index is 2.52. The molecular weight excluding hydrogens is 220 g/mol. The van der Waals surface area contributed by atoms with E-state index < -0.39 is 6.10 Å². The Kier molecular flexibility index (Phi) is 5.66. The van der Waals surface area contributed by atoms with Crippen LogP contribution in [0.3, 0.4) is 0 Å². The van der Waals surface area contributed by atoms with E-state index in [0.29, 0.717) is 12.6 Å². The first-order valence-corrected chi connectivity index (χ1v) is 6.66. The highest BCUT2D eigenvalue weighted by Crippen LogP contribution is 2.17. The second kappa shape index (κ2) is 6.78. The molecule has 0 spiro atoms. The van der Waals surface area contributed by atoms with Crippen molar-refractivity contribution in [3.05, 3.63) is 29.8 Å². The Hall–Kier alpha value is -0.710. The predicted octanol–water partition coefficient (Wildman–Crippen LogP) is 2.41. The molecule has 1 unspecified atom stereocenters. The van der Waals surface area contributed by atoms with Crippen molar-refractivity contribution in [2.24, 2.45) is 0 Å². The van der Waals surface area contributed by atoms with E-state index in [9.17, 15) is 5.11 Å². The molecule has 0 aliphatic heterocycles. The van der Waals surface area contributed by atoms with Gasteiger partial charge in [-0.05, 0) is 17.7 Å². The minimum Gasteiger partial charge on any atom is -0.387 e. The Morgan fingerprint density at radius 1 is 1.25 bits per heavy atom. The van der Waals surface area contributed by atoms with Crippen molar-refractivity contribution < 1.29 is 5.11 Å². The van der Waals surface area contributed by atoms with Crippen LogP contribution in [-0.2, 0) is 0 Å². The van der Waals surface area contributed by atoms with Crippen molar-refractivity contribution in [2.75, 3.05) is 17.5 Å². The number of nitrogens with one attached hydrogen (secondary N) is 2. The number of benzene rings is 1. The van der Waals surface area contributed by atoms with Gasteiger partial charge in [-0.25, -0.2) is 0 Å². The second-order valence-corrected chi connectivity index (χ2v) is 4.62. The summed E-state index contributed by atoms with van der Waals surface area (Å²) in [7, 11) is 0. The molecule has 0 saturated heterocycles. The highest BCUT2D eigenvalue weighted by molar-refractivity contribution is 7.99. The fourth-order valence-electron chi connectivity index (χ4n) is 1.36. The molecule has 0 bridgehead atoms. The van der Waals surface area contributed by atoms with Crippen LogP contribution in [0.1, 0.15) is 25.5 Å². The third kappa shape index (κ3) is 4.43. The molecule has 3 N–H and O–H groups in total. The summed E-state index contributed by atoms with van der Waals surface area (Å²) in [6.45, 7) is 4.73. The number of anilines is 1. The quantitative estimate of drug-likeness (QED) is 0.668. The maximum atomic E-state index is 9.90. The standard InChI is InChI=1S/C12H20N2OS/c1-9(2)13-8-12(15)10-4-6-11(7-5-10)14-16-3/h4-7,9,12-15H,8H2,1-3H3. The SMILES string of the molecule is CSNc1ccc(C(O)CNC(C)C)cc1. The third-order valence-electron chi connectivity index (χ3n) is 2.23. The zero-order valence-electron chi connectivity index (χ0n) is 10.0. The van der Waals surface area contributed by atoms with E-state index in [1.54, 1.807) is 11.9 Å². The van der Waals surface area contributed by atoms with E-state index in [4.69, 9.17) is 0 Å². The largest absolute Gasteiger partial charge is 0.387 e. The zero-order valence-corrected chi connectivity index (χ0v) is 10.8. The summed E-state index contributed by atoms with van der Waals surface area (Å²) in [4.78, 5) is 0. The van der Waals surface area contributed by atoms with Gasteiger partial charge in [-0.3, -0.25) is 0 Å². The van der Waals surface area contributed by atoms with Crippen molar-refractivity contribution in [1.29, 1.82) is 0 Å². The van der Waals surface area contributed by atoms with Crippen molar-refractivity contribution in [3.63, 3.8) is 0 Å². The van der Waals surface area contributed by atoms with Crippen molar-refractivity contribution in [2.45, 2.75) is 26.0 Å². The monoisotopic (exact) mass is 240 g/mol. The van der Waals surface area contributed by atoms with Gasteiger partial charge in [0.05, 0.1) is 6.10 Å². The van der Waals surface area contributed by atoms with Crippen LogP contribution < -0.4 is 10.0 Å². The van der Waals surface area contributed by atoms with Crippen molar-refractivity contribution in [3.8, 4) is 0 Å². The summed E-state index contributed by atoms with van der Waals surface area (Å²) in [5.74, 6) is 0. The first kappa shape index (κ1) is 13.4. The van der Waals surface area contributed by atoms with E-state index >= 15 is 0 Å². The molecule has 1 aromatic carbocycles.